The molecule has 0 saturated heterocycles. The molecule has 0 aliphatic rings. The average Bonchev–Trinajstić information content (AvgIpc) is 3.33. The van der Waals surface area contributed by atoms with Crippen molar-refractivity contribution in [2.75, 3.05) is 0 Å². The lowest BCUT2D eigenvalue weighted by molar-refractivity contribution is 0.560. The summed E-state index contributed by atoms with van der Waals surface area (Å²) in [4.78, 5) is 18.1. The molecule has 0 unspecified atom stereocenters. The molecule has 0 amide bonds. The summed E-state index contributed by atoms with van der Waals surface area (Å²) in [6, 6.07) is 15.6. The van der Waals surface area contributed by atoms with Gasteiger partial charge in [-0.2, -0.15) is 0 Å². The molecule has 0 aliphatic heterocycles. The van der Waals surface area contributed by atoms with E-state index in [9.17, 15) is 9.18 Å². The summed E-state index contributed by atoms with van der Waals surface area (Å²) in [6.45, 7) is 1.98. The lowest BCUT2D eigenvalue weighted by Gasteiger charge is -1.97. The van der Waals surface area contributed by atoms with Gasteiger partial charge in [-0.25, -0.2) is 13.8 Å². The number of furan rings is 1. The van der Waals surface area contributed by atoms with E-state index >= 15 is 0 Å². The number of imidazole rings is 1. The Morgan fingerprint density at radius 2 is 1.96 bits per heavy atom. The fraction of sp³-hybridized carbons (Fsp3) is 0.0476. The maximum absolute atomic E-state index is 13.9. The molecule has 6 heteroatoms. The number of para-hydroxylation sites is 1. The summed E-state index contributed by atoms with van der Waals surface area (Å²) in [7, 11) is 0. The highest BCUT2D eigenvalue weighted by atomic mass is 32.1. The van der Waals surface area contributed by atoms with Crippen molar-refractivity contribution >= 4 is 33.4 Å². The number of aryl methyl sites for hydroxylation is 1. The van der Waals surface area contributed by atoms with E-state index < -0.39 is 0 Å². The Hall–Kier alpha value is -3.25. The summed E-state index contributed by atoms with van der Waals surface area (Å²) in [5.74, 6) is 0.573. The molecular weight excluding hydrogens is 363 g/mol. The highest BCUT2D eigenvalue weighted by Crippen LogP contribution is 2.25. The zero-order chi connectivity index (χ0) is 18.5. The standard InChI is InChI=1S/C21H13FN2O2S/c1-12-5-4-8-16-19(12)23-21-24(16)20(25)18(27-21)11-13-9-10-17(26-13)14-6-2-3-7-15(14)22/h2-11H,1H3/b18-11+. The number of fused-ring (bicyclic) bond motifs is 3. The fourth-order valence-electron chi connectivity index (χ4n) is 3.19. The van der Waals surface area contributed by atoms with Gasteiger partial charge >= 0.3 is 0 Å². The minimum atomic E-state index is -0.348. The molecule has 0 saturated carbocycles. The fourth-order valence-corrected chi connectivity index (χ4v) is 4.15. The molecule has 4 nitrogen and oxygen atoms in total. The number of rotatable bonds is 2. The normalized spacial score (nSPS) is 12.4. The predicted octanol–water partition coefficient (Wildman–Crippen LogP) is 4.16. The van der Waals surface area contributed by atoms with Gasteiger partial charge in [0.15, 0.2) is 4.96 Å². The van der Waals surface area contributed by atoms with Crippen LogP contribution in [-0.2, 0) is 0 Å². The van der Waals surface area contributed by atoms with Crippen LogP contribution in [0.2, 0.25) is 0 Å². The molecule has 27 heavy (non-hydrogen) atoms. The van der Waals surface area contributed by atoms with Gasteiger partial charge in [0, 0.05) is 6.08 Å². The number of hydrogen-bond acceptors (Lipinski definition) is 4. The first-order valence-electron chi connectivity index (χ1n) is 8.39. The second-order valence-corrected chi connectivity index (χ2v) is 7.28. The van der Waals surface area contributed by atoms with E-state index in [0.29, 0.717) is 26.6 Å². The van der Waals surface area contributed by atoms with Crippen molar-refractivity contribution < 1.29 is 8.81 Å². The second-order valence-electron chi connectivity index (χ2n) is 6.27. The smallest absolute Gasteiger partial charge is 0.275 e. The Morgan fingerprint density at radius 3 is 2.81 bits per heavy atom. The van der Waals surface area contributed by atoms with Crippen LogP contribution in [-0.4, -0.2) is 9.38 Å². The van der Waals surface area contributed by atoms with Crippen molar-refractivity contribution in [3.05, 3.63) is 86.6 Å². The molecule has 0 bridgehead atoms. The van der Waals surface area contributed by atoms with Gasteiger partial charge in [-0.3, -0.25) is 4.79 Å². The molecule has 3 heterocycles. The van der Waals surface area contributed by atoms with Gasteiger partial charge in [0.05, 0.1) is 16.6 Å². The molecule has 0 radical (unpaired) electrons. The number of aromatic nitrogens is 2. The quantitative estimate of drug-likeness (QED) is 0.465. The van der Waals surface area contributed by atoms with Crippen molar-refractivity contribution in [1.82, 2.24) is 9.38 Å². The van der Waals surface area contributed by atoms with E-state index in [-0.39, 0.29) is 11.4 Å². The van der Waals surface area contributed by atoms with Crippen LogP contribution in [0.4, 0.5) is 4.39 Å². The minimum Gasteiger partial charge on any atom is -0.457 e. The summed E-state index contributed by atoms with van der Waals surface area (Å²) in [5, 5.41) is 0. The maximum Gasteiger partial charge on any atom is 0.275 e. The highest BCUT2D eigenvalue weighted by Gasteiger charge is 2.13. The van der Waals surface area contributed by atoms with E-state index in [1.807, 2.05) is 25.1 Å². The SMILES string of the molecule is Cc1cccc2c1nc1s/c(=C/c3ccc(-c4ccccc4F)o3)c(=O)n12. The van der Waals surface area contributed by atoms with E-state index in [2.05, 4.69) is 4.98 Å². The summed E-state index contributed by atoms with van der Waals surface area (Å²) in [5.41, 5.74) is 2.94. The van der Waals surface area contributed by atoms with Crippen LogP contribution in [0.25, 0.3) is 33.4 Å². The largest absolute Gasteiger partial charge is 0.457 e. The molecule has 0 aliphatic carbocycles. The molecule has 0 spiro atoms. The van der Waals surface area contributed by atoms with Crippen LogP contribution in [0.1, 0.15) is 11.3 Å². The van der Waals surface area contributed by atoms with E-state index in [0.717, 1.165) is 16.6 Å². The lowest BCUT2D eigenvalue weighted by Crippen LogP contribution is -2.22. The third kappa shape index (κ3) is 2.49. The third-order valence-electron chi connectivity index (χ3n) is 4.51. The van der Waals surface area contributed by atoms with Gasteiger partial charge in [-0.15, -0.1) is 0 Å². The van der Waals surface area contributed by atoms with Crippen LogP contribution in [0.5, 0.6) is 0 Å². The number of hydrogen-bond donors (Lipinski definition) is 0. The first-order chi connectivity index (χ1) is 13.1. The Balaban J connectivity index is 1.65. The monoisotopic (exact) mass is 376 g/mol. The molecule has 5 aromatic rings. The van der Waals surface area contributed by atoms with Crippen molar-refractivity contribution in [2.24, 2.45) is 0 Å². The van der Waals surface area contributed by atoms with E-state index in [1.54, 1.807) is 40.8 Å². The lowest BCUT2D eigenvalue weighted by atomic mass is 10.1. The van der Waals surface area contributed by atoms with Crippen LogP contribution in [0.15, 0.2) is 63.8 Å². The number of benzene rings is 2. The van der Waals surface area contributed by atoms with Crippen molar-refractivity contribution in [3.8, 4) is 11.3 Å². The third-order valence-corrected chi connectivity index (χ3v) is 5.48. The average molecular weight is 376 g/mol. The second kappa shape index (κ2) is 5.89. The van der Waals surface area contributed by atoms with Crippen molar-refractivity contribution in [2.45, 2.75) is 6.92 Å². The Bertz CT molecular complexity index is 1430. The predicted molar refractivity (Wildman–Crippen MR) is 104 cm³/mol. The van der Waals surface area contributed by atoms with Crippen molar-refractivity contribution in [3.63, 3.8) is 0 Å². The van der Waals surface area contributed by atoms with E-state index in [1.165, 1.54) is 17.4 Å². The molecule has 3 aromatic heterocycles. The number of halogens is 1. The molecule has 2 aromatic carbocycles. The number of nitrogens with zero attached hydrogens (tertiary/aromatic N) is 2. The molecular formula is C21H13FN2O2S. The molecule has 0 N–H and O–H groups in total. The first-order valence-corrected chi connectivity index (χ1v) is 9.20. The van der Waals surface area contributed by atoms with Gasteiger partial charge < -0.3 is 4.42 Å². The summed E-state index contributed by atoms with van der Waals surface area (Å²) < 4.78 is 21.8. The zero-order valence-electron chi connectivity index (χ0n) is 14.3. The molecule has 0 atom stereocenters. The van der Waals surface area contributed by atoms with Gasteiger partial charge in [0.1, 0.15) is 21.9 Å². The van der Waals surface area contributed by atoms with Crippen molar-refractivity contribution in [1.29, 1.82) is 0 Å². The van der Waals surface area contributed by atoms with Gasteiger partial charge in [-0.05, 0) is 42.8 Å². The van der Waals surface area contributed by atoms with Crippen LogP contribution in [0.3, 0.4) is 0 Å². The van der Waals surface area contributed by atoms with Crippen LogP contribution < -0.4 is 10.1 Å². The van der Waals surface area contributed by atoms with Gasteiger partial charge in [0.25, 0.3) is 5.56 Å². The Morgan fingerprint density at radius 1 is 1.11 bits per heavy atom. The molecule has 5 rings (SSSR count). The maximum atomic E-state index is 13.9. The summed E-state index contributed by atoms with van der Waals surface area (Å²) >= 11 is 1.31. The number of thiazole rings is 1. The van der Waals surface area contributed by atoms with Gasteiger partial charge in [0.2, 0.25) is 0 Å². The van der Waals surface area contributed by atoms with Gasteiger partial charge in [-0.1, -0.05) is 35.6 Å². The van der Waals surface area contributed by atoms with Crippen LogP contribution in [0, 0.1) is 12.7 Å². The molecule has 132 valence electrons. The first kappa shape index (κ1) is 16.0. The topological polar surface area (TPSA) is 47.5 Å². The van der Waals surface area contributed by atoms with Crippen LogP contribution >= 0.6 is 11.3 Å². The highest BCUT2D eigenvalue weighted by molar-refractivity contribution is 7.15. The minimum absolute atomic E-state index is 0.132. The van der Waals surface area contributed by atoms with E-state index in [4.69, 9.17) is 4.42 Å². The molecule has 0 fully saturated rings. The summed E-state index contributed by atoms with van der Waals surface area (Å²) in [6.07, 6.45) is 1.67. The Labute approximate surface area is 156 Å². The zero-order valence-corrected chi connectivity index (χ0v) is 15.1. The Kier molecular flexibility index (Phi) is 3.48.